The van der Waals surface area contributed by atoms with Crippen molar-refractivity contribution in [2.75, 3.05) is 10.6 Å². The number of benzene rings is 2. The molecule has 0 aliphatic rings. The third kappa shape index (κ3) is 4.16. The summed E-state index contributed by atoms with van der Waals surface area (Å²) in [5.41, 5.74) is 1.49. The van der Waals surface area contributed by atoms with E-state index in [-0.39, 0.29) is 17.3 Å². The largest absolute Gasteiger partial charge is 0.318 e. The second-order valence-corrected chi connectivity index (χ2v) is 5.46. The van der Waals surface area contributed by atoms with Gasteiger partial charge in [-0.05, 0) is 23.6 Å². The van der Waals surface area contributed by atoms with Crippen molar-refractivity contribution in [2.45, 2.75) is 19.8 Å². The number of rotatable bonds is 4. The van der Waals surface area contributed by atoms with Gasteiger partial charge >= 0.3 is 11.8 Å². The van der Waals surface area contributed by atoms with Gasteiger partial charge in [0.25, 0.3) is 5.69 Å². The molecule has 24 heavy (non-hydrogen) atoms. The summed E-state index contributed by atoms with van der Waals surface area (Å²) in [6.07, 6.45) is 0. The number of nitrogens with zero attached hydrogens (tertiary/aromatic N) is 1. The van der Waals surface area contributed by atoms with Crippen molar-refractivity contribution >= 4 is 28.9 Å². The average molecular weight is 327 g/mol. The molecule has 0 heterocycles. The number of nitro benzene ring substituents is 1. The molecule has 0 spiro atoms. The number of nitrogens with one attached hydrogen (secondary N) is 2. The SMILES string of the molecule is CC(C)c1ccccc1NC(=O)C(=O)Nc1cccc([N+](=O)[O-])c1. The van der Waals surface area contributed by atoms with Gasteiger partial charge in [0, 0.05) is 23.5 Å². The molecule has 0 atom stereocenters. The zero-order valence-corrected chi connectivity index (χ0v) is 13.3. The number of nitro groups is 1. The van der Waals surface area contributed by atoms with Crippen molar-refractivity contribution in [1.82, 2.24) is 0 Å². The Morgan fingerprint density at radius 3 is 2.33 bits per heavy atom. The minimum Gasteiger partial charge on any atom is -0.318 e. The molecule has 2 aromatic carbocycles. The van der Waals surface area contributed by atoms with Crippen LogP contribution in [0.2, 0.25) is 0 Å². The smallest absolute Gasteiger partial charge is 0.314 e. The molecule has 0 bridgehead atoms. The summed E-state index contributed by atoms with van der Waals surface area (Å²) in [7, 11) is 0. The maximum Gasteiger partial charge on any atom is 0.314 e. The predicted molar refractivity (Wildman–Crippen MR) is 90.9 cm³/mol. The molecule has 0 saturated carbocycles. The van der Waals surface area contributed by atoms with Crippen molar-refractivity contribution in [1.29, 1.82) is 0 Å². The van der Waals surface area contributed by atoms with Crippen molar-refractivity contribution in [3.8, 4) is 0 Å². The topological polar surface area (TPSA) is 101 Å². The van der Waals surface area contributed by atoms with Crippen molar-refractivity contribution in [3.63, 3.8) is 0 Å². The fourth-order valence-corrected chi connectivity index (χ4v) is 2.18. The van der Waals surface area contributed by atoms with E-state index in [1.165, 1.54) is 24.3 Å². The Morgan fingerprint density at radius 2 is 1.67 bits per heavy atom. The van der Waals surface area contributed by atoms with Gasteiger partial charge in [0.2, 0.25) is 0 Å². The lowest BCUT2D eigenvalue weighted by Gasteiger charge is -2.13. The van der Waals surface area contributed by atoms with Crippen LogP contribution in [0, 0.1) is 10.1 Å². The van der Waals surface area contributed by atoms with E-state index in [4.69, 9.17) is 0 Å². The van der Waals surface area contributed by atoms with Gasteiger partial charge in [-0.15, -0.1) is 0 Å². The maximum absolute atomic E-state index is 12.1. The standard InChI is InChI=1S/C17H17N3O4/c1-11(2)14-8-3-4-9-15(14)19-17(22)16(21)18-12-6-5-7-13(10-12)20(23)24/h3-11H,1-2H3,(H,18,21)(H,19,22). The van der Waals surface area contributed by atoms with Crippen LogP contribution in [0.1, 0.15) is 25.3 Å². The first kappa shape index (κ1) is 17.1. The number of amides is 2. The number of para-hydroxylation sites is 1. The zero-order chi connectivity index (χ0) is 17.7. The van der Waals surface area contributed by atoms with Gasteiger partial charge in [-0.1, -0.05) is 38.1 Å². The van der Waals surface area contributed by atoms with E-state index in [2.05, 4.69) is 10.6 Å². The summed E-state index contributed by atoms with van der Waals surface area (Å²) in [4.78, 5) is 34.2. The van der Waals surface area contributed by atoms with Gasteiger partial charge < -0.3 is 10.6 Å². The van der Waals surface area contributed by atoms with Crippen LogP contribution in [0.25, 0.3) is 0 Å². The fourth-order valence-electron chi connectivity index (χ4n) is 2.18. The molecule has 7 nitrogen and oxygen atoms in total. The van der Waals surface area contributed by atoms with Gasteiger partial charge in [0.15, 0.2) is 0 Å². The van der Waals surface area contributed by atoms with Gasteiger partial charge in [0.05, 0.1) is 4.92 Å². The fraction of sp³-hybridized carbons (Fsp3) is 0.176. The minimum absolute atomic E-state index is 0.168. The molecule has 0 aromatic heterocycles. The van der Waals surface area contributed by atoms with E-state index in [0.29, 0.717) is 5.69 Å². The van der Waals surface area contributed by atoms with Gasteiger partial charge in [-0.2, -0.15) is 0 Å². The molecule has 0 aliphatic carbocycles. The highest BCUT2D eigenvalue weighted by Gasteiger charge is 2.17. The lowest BCUT2D eigenvalue weighted by atomic mass is 10.0. The van der Waals surface area contributed by atoms with Crippen LogP contribution < -0.4 is 10.6 Å². The second kappa shape index (κ2) is 7.36. The van der Waals surface area contributed by atoms with E-state index in [1.807, 2.05) is 26.0 Å². The first-order valence-corrected chi connectivity index (χ1v) is 7.34. The normalized spacial score (nSPS) is 10.3. The molecule has 0 saturated heterocycles. The summed E-state index contributed by atoms with van der Waals surface area (Å²) < 4.78 is 0. The highest BCUT2D eigenvalue weighted by molar-refractivity contribution is 6.43. The Morgan fingerprint density at radius 1 is 1.00 bits per heavy atom. The third-order valence-corrected chi connectivity index (χ3v) is 3.35. The van der Waals surface area contributed by atoms with Crippen LogP contribution >= 0.6 is 0 Å². The number of anilines is 2. The zero-order valence-electron chi connectivity index (χ0n) is 13.3. The van der Waals surface area contributed by atoms with E-state index >= 15 is 0 Å². The number of hydrogen-bond acceptors (Lipinski definition) is 4. The molecular weight excluding hydrogens is 310 g/mol. The van der Waals surface area contributed by atoms with Crippen molar-refractivity contribution in [2.24, 2.45) is 0 Å². The maximum atomic E-state index is 12.1. The van der Waals surface area contributed by atoms with Gasteiger partial charge in [-0.3, -0.25) is 19.7 Å². The van der Waals surface area contributed by atoms with Crippen LogP contribution in [0.3, 0.4) is 0 Å². The summed E-state index contributed by atoms with van der Waals surface area (Å²) in [6.45, 7) is 3.96. The van der Waals surface area contributed by atoms with Crippen LogP contribution in [0.5, 0.6) is 0 Å². The Bertz CT molecular complexity index is 787. The minimum atomic E-state index is -0.894. The molecule has 124 valence electrons. The predicted octanol–water partition coefficient (Wildman–Crippen LogP) is 3.30. The lowest BCUT2D eigenvalue weighted by molar-refractivity contribution is -0.384. The van der Waals surface area contributed by atoms with Crippen molar-refractivity contribution < 1.29 is 14.5 Å². The van der Waals surface area contributed by atoms with E-state index in [9.17, 15) is 19.7 Å². The Kier molecular flexibility index (Phi) is 5.26. The van der Waals surface area contributed by atoms with Crippen LogP contribution in [-0.4, -0.2) is 16.7 Å². The first-order valence-electron chi connectivity index (χ1n) is 7.34. The highest BCUT2D eigenvalue weighted by Crippen LogP contribution is 2.23. The molecule has 2 amide bonds. The first-order chi connectivity index (χ1) is 11.4. The molecule has 0 radical (unpaired) electrons. The Labute approximate surface area is 138 Å². The molecule has 7 heteroatoms. The van der Waals surface area contributed by atoms with Crippen molar-refractivity contribution in [3.05, 3.63) is 64.2 Å². The van der Waals surface area contributed by atoms with Crippen LogP contribution in [0.4, 0.5) is 17.1 Å². The van der Waals surface area contributed by atoms with E-state index in [1.54, 1.807) is 12.1 Å². The van der Waals surface area contributed by atoms with Gasteiger partial charge in [0.1, 0.15) is 0 Å². The number of carbonyl (C=O) groups is 2. The van der Waals surface area contributed by atoms with Crippen LogP contribution in [-0.2, 0) is 9.59 Å². The third-order valence-electron chi connectivity index (χ3n) is 3.35. The van der Waals surface area contributed by atoms with E-state index < -0.39 is 16.7 Å². The number of carbonyl (C=O) groups excluding carboxylic acids is 2. The summed E-state index contributed by atoms with van der Waals surface area (Å²) in [5, 5.41) is 15.6. The molecule has 2 rings (SSSR count). The number of hydrogen-bond donors (Lipinski definition) is 2. The average Bonchev–Trinajstić information content (AvgIpc) is 2.55. The molecule has 0 fully saturated rings. The van der Waals surface area contributed by atoms with Gasteiger partial charge in [-0.25, -0.2) is 0 Å². The Balaban J connectivity index is 2.09. The molecule has 2 N–H and O–H groups in total. The lowest BCUT2D eigenvalue weighted by Crippen LogP contribution is -2.29. The summed E-state index contributed by atoms with van der Waals surface area (Å²) in [6, 6.07) is 12.6. The Hall–Kier alpha value is -3.22. The monoisotopic (exact) mass is 327 g/mol. The molecule has 0 aliphatic heterocycles. The van der Waals surface area contributed by atoms with E-state index in [0.717, 1.165) is 5.56 Å². The quantitative estimate of drug-likeness (QED) is 0.511. The summed E-state index contributed by atoms with van der Waals surface area (Å²) in [5.74, 6) is -1.55. The van der Waals surface area contributed by atoms with Crippen LogP contribution in [0.15, 0.2) is 48.5 Å². The number of non-ortho nitro benzene ring substituents is 1. The molecule has 0 unspecified atom stereocenters. The molecule has 2 aromatic rings. The molecular formula is C17H17N3O4. The summed E-state index contributed by atoms with van der Waals surface area (Å²) >= 11 is 0. The second-order valence-electron chi connectivity index (χ2n) is 5.46. The highest BCUT2D eigenvalue weighted by atomic mass is 16.6.